The van der Waals surface area contributed by atoms with Gasteiger partial charge in [-0.05, 0) is 45.7 Å². The molecule has 1 fully saturated rings. The van der Waals surface area contributed by atoms with Crippen molar-refractivity contribution in [3.05, 3.63) is 30.2 Å². The maximum absolute atomic E-state index is 12.2. The van der Waals surface area contributed by atoms with E-state index < -0.39 is 11.4 Å². The zero-order valence-electron chi connectivity index (χ0n) is 19.3. The highest BCUT2D eigenvalue weighted by atomic mass is 16.7. The van der Waals surface area contributed by atoms with E-state index in [0.29, 0.717) is 41.7 Å². The van der Waals surface area contributed by atoms with Crippen LogP contribution in [0.5, 0.6) is 5.75 Å². The highest BCUT2D eigenvalue weighted by Crippen LogP contribution is 2.31. The molecule has 0 spiro atoms. The Kier molecular flexibility index (Phi) is 5.83. The molecule has 1 saturated heterocycles. The molecule has 2 aromatic rings. The van der Waals surface area contributed by atoms with Crippen molar-refractivity contribution in [1.82, 2.24) is 9.88 Å². The lowest BCUT2D eigenvalue weighted by atomic mass is 10.1. The third-order valence-electron chi connectivity index (χ3n) is 5.07. The fraction of sp³-hybridized carbons (Fsp3) is 0.565. The quantitative estimate of drug-likeness (QED) is 0.711. The largest absolute Gasteiger partial charge is 0.482 e. The van der Waals surface area contributed by atoms with Crippen molar-refractivity contribution in [1.29, 1.82) is 0 Å². The van der Waals surface area contributed by atoms with Crippen molar-refractivity contribution >= 4 is 23.2 Å². The first-order valence-corrected chi connectivity index (χ1v) is 10.9. The highest BCUT2D eigenvalue weighted by molar-refractivity contribution is 5.80. The Labute approximate surface area is 187 Å². The van der Waals surface area contributed by atoms with Gasteiger partial charge >= 0.3 is 6.09 Å². The van der Waals surface area contributed by atoms with E-state index in [1.54, 1.807) is 11.2 Å². The van der Waals surface area contributed by atoms with Crippen LogP contribution in [0, 0.1) is 0 Å². The molecule has 0 aliphatic carbocycles. The number of hydrogen-bond acceptors (Lipinski definition) is 8. The molecule has 0 saturated carbocycles. The number of nitrogens with one attached hydrogen (secondary N) is 1. The summed E-state index contributed by atoms with van der Waals surface area (Å²) >= 11 is 0. The van der Waals surface area contributed by atoms with E-state index >= 15 is 0 Å². The zero-order valence-corrected chi connectivity index (χ0v) is 19.3. The first-order valence-electron chi connectivity index (χ1n) is 10.9. The van der Waals surface area contributed by atoms with Crippen LogP contribution in [0.1, 0.15) is 47.5 Å². The van der Waals surface area contributed by atoms with Crippen LogP contribution in [-0.4, -0.2) is 53.1 Å². The van der Waals surface area contributed by atoms with Crippen LogP contribution in [0.2, 0.25) is 0 Å². The minimum absolute atomic E-state index is 0.155. The Balaban J connectivity index is 1.34. The molecule has 0 bridgehead atoms. The normalized spacial score (nSPS) is 18.7. The van der Waals surface area contributed by atoms with Gasteiger partial charge in [-0.1, -0.05) is 6.07 Å². The molecular formula is C23H31N3O6. The summed E-state index contributed by atoms with van der Waals surface area (Å²) in [5, 5.41) is 3.35. The van der Waals surface area contributed by atoms with Gasteiger partial charge in [0.15, 0.2) is 17.1 Å². The van der Waals surface area contributed by atoms with Crippen molar-refractivity contribution < 1.29 is 28.2 Å². The van der Waals surface area contributed by atoms with Crippen molar-refractivity contribution in [2.24, 2.45) is 0 Å². The number of piperidine rings is 1. The number of hydrogen-bond donors (Lipinski definition) is 1. The van der Waals surface area contributed by atoms with Gasteiger partial charge < -0.3 is 33.6 Å². The van der Waals surface area contributed by atoms with Crippen molar-refractivity contribution in [3.8, 4) is 5.75 Å². The minimum Gasteiger partial charge on any atom is -0.482 e. The monoisotopic (exact) mass is 445 g/mol. The molecule has 1 amide bonds. The second-order valence-corrected chi connectivity index (χ2v) is 9.50. The third-order valence-corrected chi connectivity index (χ3v) is 5.07. The van der Waals surface area contributed by atoms with Gasteiger partial charge in [0.1, 0.15) is 24.0 Å². The molecule has 0 atom stereocenters. The van der Waals surface area contributed by atoms with E-state index in [9.17, 15) is 4.79 Å². The van der Waals surface area contributed by atoms with Crippen LogP contribution >= 0.6 is 0 Å². The molecule has 0 radical (unpaired) electrons. The number of rotatable bonds is 5. The Morgan fingerprint density at radius 3 is 2.69 bits per heavy atom. The number of aromatic nitrogens is 1. The molecular weight excluding hydrogens is 414 g/mol. The van der Waals surface area contributed by atoms with E-state index in [0.717, 1.165) is 12.8 Å². The van der Waals surface area contributed by atoms with Gasteiger partial charge in [0.05, 0.1) is 0 Å². The predicted molar refractivity (Wildman–Crippen MR) is 118 cm³/mol. The summed E-state index contributed by atoms with van der Waals surface area (Å²) in [4.78, 5) is 18.5. The lowest BCUT2D eigenvalue weighted by Crippen LogP contribution is -2.44. The molecule has 9 heteroatoms. The van der Waals surface area contributed by atoms with Gasteiger partial charge in [0.25, 0.3) is 6.01 Å². The van der Waals surface area contributed by atoms with E-state index in [1.807, 2.05) is 52.8 Å². The molecule has 3 heterocycles. The van der Waals surface area contributed by atoms with Crippen LogP contribution in [0.4, 0.5) is 10.8 Å². The SMILES string of the molecule is CC(C)(C)OC(=O)N1CCC(Nc2nc3cccc(OCC4=COC(C)(C)O4)c3o2)CC1. The molecule has 4 rings (SSSR count). The molecule has 1 N–H and O–H groups in total. The molecule has 9 nitrogen and oxygen atoms in total. The number of carbonyl (C=O) groups excluding carboxylic acids is 1. The second-order valence-electron chi connectivity index (χ2n) is 9.50. The summed E-state index contributed by atoms with van der Waals surface area (Å²) in [6.07, 6.45) is 2.86. The summed E-state index contributed by atoms with van der Waals surface area (Å²) in [5.74, 6) is 0.520. The Bertz CT molecular complexity index is 999. The number of fused-ring (bicyclic) bond motifs is 1. The Morgan fingerprint density at radius 2 is 2.03 bits per heavy atom. The lowest BCUT2D eigenvalue weighted by molar-refractivity contribution is -0.119. The maximum Gasteiger partial charge on any atom is 0.410 e. The number of likely N-dealkylation sites (tertiary alicyclic amines) is 1. The predicted octanol–water partition coefficient (Wildman–Crippen LogP) is 4.64. The van der Waals surface area contributed by atoms with Crippen LogP contribution in [0.15, 0.2) is 34.6 Å². The number of benzene rings is 1. The highest BCUT2D eigenvalue weighted by Gasteiger charge is 2.29. The van der Waals surface area contributed by atoms with E-state index in [4.69, 9.17) is 23.4 Å². The molecule has 2 aliphatic heterocycles. The van der Waals surface area contributed by atoms with Crippen molar-refractivity contribution in [2.45, 2.75) is 64.9 Å². The van der Waals surface area contributed by atoms with Crippen LogP contribution in [0.3, 0.4) is 0 Å². The van der Waals surface area contributed by atoms with E-state index in [2.05, 4.69) is 10.3 Å². The van der Waals surface area contributed by atoms with E-state index in [-0.39, 0.29) is 18.7 Å². The van der Waals surface area contributed by atoms with Gasteiger partial charge in [-0.15, -0.1) is 0 Å². The molecule has 1 aromatic carbocycles. The molecule has 0 unspecified atom stereocenters. The number of carbonyl (C=O) groups is 1. The fourth-order valence-electron chi connectivity index (χ4n) is 3.59. The average molecular weight is 446 g/mol. The number of oxazole rings is 1. The number of amides is 1. The smallest absolute Gasteiger partial charge is 0.410 e. The van der Waals surface area contributed by atoms with Gasteiger partial charge in [0, 0.05) is 33.0 Å². The first kappa shape index (κ1) is 22.1. The summed E-state index contributed by atoms with van der Waals surface area (Å²) in [5.41, 5.74) is 0.780. The van der Waals surface area contributed by atoms with Gasteiger partial charge in [-0.3, -0.25) is 0 Å². The Morgan fingerprint density at radius 1 is 1.28 bits per heavy atom. The number of ether oxygens (including phenoxy) is 4. The fourth-order valence-corrected chi connectivity index (χ4v) is 3.59. The Hall–Kier alpha value is -3.10. The average Bonchev–Trinajstić information content (AvgIpc) is 3.27. The summed E-state index contributed by atoms with van der Waals surface area (Å²) in [6, 6.07) is 6.17. The maximum atomic E-state index is 12.2. The van der Waals surface area contributed by atoms with Crippen molar-refractivity contribution in [3.63, 3.8) is 0 Å². The second kappa shape index (κ2) is 8.44. The topological polar surface area (TPSA) is 95.3 Å². The number of nitrogens with zero attached hydrogens (tertiary/aromatic N) is 2. The molecule has 1 aromatic heterocycles. The van der Waals surface area contributed by atoms with Crippen molar-refractivity contribution in [2.75, 3.05) is 25.0 Å². The molecule has 2 aliphatic rings. The number of para-hydroxylation sites is 1. The van der Waals surface area contributed by atoms with Crippen LogP contribution in [-0.2, 0) is 14.2 Å². The van der Waals surface area contributed by atoms with E-state index in [1.165, 1.54) is 0 Å². The molecule has 174 valence electrons. The molecule has 32 heavy (non-hydrogen) atoms. The standard InChI is InChI=1S/C23H31N3O6/c1-22(2,3)32-21(27)26-11-9-15(10-12-26)24-20-25-17-7-6-8-18(19(17)30-20)28-13-16-14-29-23(4,5)31-16/h6-8,14-15H,9-13H2,1-5H3,(H,24,25). The number of anilines is 1. The van der Waals surface area contributed by atoms with Crippen LogP contribution < -0.4 is 10.1 Å². The zero-order chi connectivity index (χ0) is 22.9. The van der Waals surface area contributed by atoms with Crippen LogP contribution in [0.25, 0.3) is 11.1 Å². The minimum atomic E-state index is -0.674. The van der Waals surface area contributed by atoms with Gasteiger partial charge in [-0.25, -0.2) is 4.79 Å². The van der Waals surface area contributed by atoms with Gasteiger partial charge in [-0.2, -0.15) is 4.98 Å². The first-order chi connectivity index (χ1) is 15.1. The lowest BCUT2D eigenvalue weighted by Gasteiger charge is -2.33. The third kappa shape index (κ3) is 5.38. The summed E-state index contributed by atoms with van der Waals surface area (Å²) in [6.45, 7) is 10.8. The van der Waals surface area contributed by atoms with Gasteiger partial charge in [0.2, 0.25) is 5.79 Å². The summed E-state index contributed by atoms with van der Waals surface area (Å²) < 4.78 is 28.4. The summed E-state index contributed by atoms with van der Waals surface area (Å²) in [7, 11) is 0.